The molecule has 110 valence electrons. The number of phenols is 1. The lowest BCUT2D eigenvalue weighted by atomic mass is 9.99. The summed E-state index contributed by atoms with van der Waals surface area (Å²) in [5.74, 6) is -3.52. The number of ether oxygens (including phenoxy) is 2. The van der Waals surface area contributed by atoms with E-state index in [-0.39, 0.29) is 26.0 Å². The molecule has 0 unspecified atom stereocenters. The largest absolute Gasteiger partial charge is 0.503 e. The Morgan fingerprint density at radius 2 is 2.15 bits per heavy atom. The van der Waals surface area contributed by atoms with Crippen molar-refractivity contribution in [1.82, 2.24) is 5.32 Å². The summed E-state index contributed by atoms with van der Waals surface area (Å²) in [6.45, 7) is -1.02. The highest BCUT2D eigenvalue weighted by molar-refractivity contribution is 9.13. The smallest absolute Gasteiger partial charge is 0.408 e. The lowest BCUT2D eigenvalue weighted by molar-refractivity contribution is -0.104. The molecule has 1 amide bonds. The van der Waals surface area contributed by atoms with Gasteiger partial charge in [-0.3, -0.25) is 0 Å². The third kappa shape index (κ3) is 2.56. The molecule has 0 radical (unpaired) electrons. The van der Waals surface area contributed by atoms with Crippen LogP contribution in [0.25, 0.3) is 0 Å². The van der Waals surface area contributed by atoms with Crippen LogP contribution in [-0.2, 0) is 4.74 Å². The number of benzene rings is 1. The number of phenolic OH excluding ortho intramolecular Hbond substituents is 1. The van der Waals surface area contributed by atoms with Crippen LogP contribution in [0.2, 0.25) is 0 Å². The van der Waals surface area contributed by atoms with Gasteiger partial charge >= 0.3 is 12.0 Å². The second-order valence-electron chi connectivity index (χ2n) is 4.06. The average Bonchev–Trinajstić information content (AvgIpc) is 2.40. The first-order valence-corrected chi connectivity index (χ1v) is 6.92. The van der Waals surface area contributed by atoms with Gasteiger partial charge in [0, 0.05) is 4.47 Å². The minimum Gasteiger partial charge on any atom is -0.503 e. The van der Waals surface area contributed by atoms with Crippen molar-refractivity contribution in [3.8, 4) is 11.5 Å². The Balaban J connectivity index is 2.56. The predicted molar refractivity (Wildman–Crippen MR) is 72.2 cm³/mol. The number of alkyl halides is 2. The quantitative estimate of drug-likeness (QED) is 0.775. The van der Waals surface area contributed by atoms with E-state index in [1.807, 2.05) is 0 Å². The summed E-state index contributed by atoms with van der Waals surface area (Å²) in [6.07, 6.45) is -0.934. The van der Waals surface area contributed by atoms with Crippen molar-refractivity contribution in [1.29, 1.82) is 0 Å². The Kier molecular flexibility index (Phi) is 4.10. The molecule has 2 N–H and O–H groups in total. The van der Waals surface area contributed by atoms with E-state index in [9.17, 15) is 18.7 Å². The summed E-state index contributed by atoms with van der Waals surface area (Å²) in [5.41, 5.74) is 0.0631. The summed E-state index contributed by atoms with van der Waals surface area (Å²) in [5, 5.41) is 11.8. The fourth-order valence-corrected chi connectivity index (χ4v) is 2.75. The highest BCUT2D eigenvalue weighted by Crippen LogP contribution is 2.46. The minimum absolute atomic E-state index is 0.00613. The summed E-state index contributed by atoms with van der Waals surface area (Å²) in [7, 11) is 1.29. The minimum atomic E-state index is -3.29. The monoisotopic (exact) mass is 415 g/mol. The molecule has 1 atom stereocenters. The first-order valence-electron chi connectivity index (χ1n) is 5.34. The number of carbonyl (C=O) groups is 1. The van der Waals surface area contributed by atoms with Gasteiger partial charge in [0.1, 0.15) is 6.04 Å². The summed E-state index contributed by atoms with van der Waals surface area (Å²) >= 11 is 6.19. The maximum atomic E-state index is 13.9. The van der Waals surface area contributed by atoms with Crippen molar-refractivity contribution in [2.24, 2.45) is 0 Å². The van der Waals surface area contributed by atoms with Crippen LogP contribution >= 0.6 is 31.9 Å². The van der Waals surface area contributed by atoms with Crippen molar-refractivity contribution in [2.75, 3.05) is 13.7 Å². The molecule has 0 aromatic heterocycles. The summed E-state index contributed by atoms with van der Waals surface area (Å²) in [6, 6.07) is -0.363. The normalized spacial score (nSPS) is 21.1. The Bertz CT molecular complexity index is 568. The van der Waals surface area contributed by atoms with Crippen LogP contribution in [0.4, 0.5) is 13.6 Å². The molecule has 1 heterocycles. The molecule has 2 rings (SSSR count). The second-order valence-corrected chi connectivity index (χ2v) is 5.65. The molecule has 1 saturated heterocycles. The molecule has 20 heavy (non-hydrogen) atoms. The molecule has 9 heteroatoms. The molecule has 1 aromatic rings. The molecular formula is C11H9Br2F2NO4. The third-order valence-corrected chi connectivity index (χ3v) is 4.94. The number of rotatable bonds is 2. The molecule has 0 saturated carbocycles. The average molecular weight is 417 g/mol. The molecule has 1 aromatic carbocycles. The molecule has 0 bridgehead atoms. The van der Waals surface area contributed by atoms with Crippen molar-refractivity contribution < 1.29 is 28.2 Å². The SMILES string of the molecule is COc1cc([C@H]2NC(=O)OCC2(F)F)c(Br)c(Br)c1O. The summed E-state index contributed by atoms with van der Waals surface area (Å²) in [4.78, 5) is 11.2. The van der Waals surface area contributed by atoms with Gasteiger partial charge in [0.25, 0.3) is 0 Å². The zero-order valence-corrected chi connectivity index (χ0v) is 13.2. The predicted octanol–water partition coefficient (Wildman–Crippen LogP) is 3.34. The van der Waals surface area contributed by atoms with Crippen LogP contribution in [0.15, 0.2) is 15.0 Å². The van der Waals surface area contributed by atoms with Crippen LogP contribution in [0.1, 0.15) is 11.6 Å². The van der Waals surface area contributed by atoms with Crippen LogP contribution in [-0.4, -0.2) is 30.8 Å². The number of hydrogen-bond donors (Lipinski definition) is 2. The Labute approximate surface area is 129 Å². The van der Waals surface area contributed by atoms with E-state index in [0.29, 0.717) is 0 Å². The number of nitrogens with one attached hydrogen (secondary N) is 1. The number of alkyl carbamates (subject to hydrolysis) is 1. The number of amides is 1. The fraction of sp³-hybridized carbons (Fsp3) is 0.364. The van der Waals surface area contributed by atoms with Crippen molar-refractivity contribution in [3.05, 3.63) is 20.6 Å². The number of cyclic esters (lactones) is 1. The van der Waals surface area contributed by atoms with Gasteiger partial charge in [0.15, 0.2) is 18.1 Å². The zero-order chi connectivity index (χ0) is 15.1. The highest BCUT2D eigenvalue weighted by atomic mass is 79.9. The van der Waals surface area contributed by atoms with Gasteiger partial charge in [-0.2, -0.15) is 0 Å². The van der Waals surface area contributed by atoms with Gasteiger partial charge in [0.2, 0.25) is 0 Å². The summed E-state index contributed by atoms with van der Waals surface area (Å²) < 4.78 is 37.4. The van der Waals surface area contributed by atoms with E-state index in [2.05, 4.69) is 41.9 Å². The van der Waals surface area contributed by atoms with Gasteiger partial charge in [0.05, 0.1) is 11.6 Å². The Morgan fingerprint density at radius 3 is 2.75 bits per heavy atom. The molecule has 1 aliphatic heterocycles. The number of aromatic hydroxyl groups is 1. The molecule has 0 aliphatic carbocycles. The second kappa shape index (κ2) is 5.36. The van der Waals surface area contributed by atoms with Crippen LogP contribution in [0.5, 0.6) is 11.5 Å². The van der Waals surface area contributed by atoms with Crippen molar-refractivity contribution >= 4 is 38.0 Å². The van der Waals surface area contributed by atoms with Crippen molar-refractivity contribution in [3.63, 3.8) is 0 Å². The lowest BCUT2D eigenvalue weighted by Gasteiger charge is -2.32. The zero-order valence-electron chi connectivity index (χ0n) is 10.0. The number of hydrogen-bond acceptors (Lipinski definition) is 4. The number of methoxy groups -OCH3 is 1. The van der Waals surface area contributed by atoms with E-state index in [4.69, 9.17) is 4.74 Å². The van der Waals surface area contributed by atoms with E-state index >= 15 is 0 Å². The molecule has 0 spiro atoms. The van der Waals surface area contributed by atoms with Crippen LogP contribution < -0.4 is 10.1 Å². The molecule has 1 aliphatic rings. The lowest BCUT2D eigenvalue weighted by Crippen LogP contribution is -2.49. The number of carbonyl (C=O) groups excluding carboxylic acids is 1. The van der Waals surface area contributed by atoms with Gasteiger partial charge in [-0.15, -0.1) is 0 Å². The van der Waals surface area contributed by atoms with Gasteiger partial charge < -0.3 is 19.9 Å². The van der Waals surface area contributed by atoms with E-state index in [1.54, 1.807) is 0 Å². The standard InChI is InChI=1S/C11H9Br2F2NO4/c1-19-5-2-4(6(12)7(13)8(5)17)9-11(14,15)3-20-10(18)16-9/h2,9,17H,3H2,1H3,(H,16,18)/t9-/m1/s1. The fourth-order valence-electron chi connectivity index (χ4n) is 1.79. The van der Waals surface area contributed by atoms with Crippen LogP contribution in [0.3, 0.4) is 0 Å². The topological polar surface area (TPSA) is 67.8 Å². The number of halogens is 4. The molecule has 5 nitrogen and oxygen atoms in total. The van der Waals surface area contributed by atoms with Gasteiger partial charge in [-0.25, -0.2) is 13.6 Å². The molecule has 1 fully saturated rings. The maximum absolute atomic E-state index is 13.9. The first-order chi connectivity index (χ1) is 9.27. The Morgan fingerprint density at radius 1 is 1.50 bits per heavy atom. The maximum Gasteiger partial charge on any atom is 0.408 e. The van der Waals surface area contributed by atoms with Crippen molar-refractivity contribution in [2.45, 2.75) is 12.0 Å². The van der Waals surface area contributed by atoms with E-state index < -0.39 is 24.7 Å². The van der Waals surface area contributed by atoms with Gasteiger partial charge in [-0.05, 0) is 43.5 Å². The van der Waals surface area contributed by atoms with Crippen LogP contribution in [0, 0.1) is 0 Å². The highest BCUT2D eigenvalue weighted by Gasteiger charge is 2.48. The van der Waals surface area contributed by atoms with E-state index in [0.717, 1.165) is 0 Å². The van der Waals surface area contributed by atoms with E-state index in [1.165, 1.54) is 13.2 Å². The third-order valence-electron chi connectivity index (χ3n) is 2.79. The molecular weight excluding hydrogens is 408 g/mol. The van der Waals surface area contributed by atoms with Gasteiger partial charge in [-0.1, -0.05) is 0 Å². The first kappa shape index (κ1) is 15.3. The Hall–Kier alpha value is -1.09.